The predicted molar refractivity (Wildman–Crippen MR) is 91.5 cm³/mol. The molecule has 0 bridgehead atoms. The van der Waals surface area contributed by atoms with Crippen LogP contribution in [-0.4, -0.2) is 13.2 Å². The molecule has 0 saturated carbocycles. The second-order valence-electron chi connectivity index (χ2n) is 5.16. The Labute approximate surface area is 138 Å². The molecule has 0 aliphatic rings. The Balaban J connectivity index is -0.000000333. The average Bonchev–Trinajstić information content (AvgIpc) is 2.44. The maximum atomic E-state index is 10.0. The number of phosphoric acid groups is 1. The molecule has 0 radical (unpaired) electrons. The highest BCUT2D eigenvalue weighted by atomic mass is 31.2. The van der Waals surface area contributed by atoms with Gasteiger partial charge in [-0.1, -0.05) is 85.5 Å². The maximum Gasteiger partial charge on any atom is 0.0596 e. The van der Waals surface area contributed by atoms with Gasteiger partial charge in [-0.15, -0.1) is 0 Å². The van der Waals surface area contributed by atoms with Gasteiger partial charge in [0.1, 0.15) is 0 Å². The standard InChI is InChI=1S/C8H19O4P.C6H14.C2H7N/c1-2-3-4-5-6-7-8-12-13(9,10)11;1-3-5-6-4-2;1-2-3/h2-8H2,1H3,(H2,9,10,11);3-6H2,1-2H3;2-3H2,1H3/p-2. The minimum atomic E-state index is -4.73. The minimum Gasteiger partial charge on any atom is -0.790 e. The van der Waals surface area contributed by atoms with Gasteiger partial charge < -0.3 is 24.6 Å². The van der Waals surface area contributed by atoms with Crippen LogP contribution in [0.4, 0.5) is 0 Å². The summed E-state index contributed by atoms with van der Waals surface area (Å²) in [5, 5.41) is 0. The van der Waals surface area contributed by atoms with Crippen LogP contribution < -0.4 is 15.5 Å². The van der Waals surface area contributed by atoms with Crippen molar-refractivity contribution in [2.24, 2.45) is 5.73 Å². The van der Waals surface area contributed by atoms with Crippen LogP contribution in [0.1, 0.15) is 91.9 Å². The van der Waals surface area contributed by atoms with E-state index in [2.05, 4.69) is 25.3 Å². The summed E-state index contributed by atoms with van der Waals surface area (Å²) < 4.78 is 14.1. The number of hydrogen-bond acceptors (Lipinski definition) is 5. The van der Waals surface area contributed by atoms with Crippen LogP contribution in [0.3, 0.4) is 0 Å². The lowest BCUT2D eigenvalue weighted by Gasteiger charge is -2.28. The molecule has 0 heterocycles. The molecule has 0 atom stereocenters. The average molecular weight is 339 g/mol. The number of phosphoric ester groups is 1. The zero-order valence-electron chi connectivity index (χ0n) is 15.1. The van der Waals surface area contributed by atoms with Gasteiger partial charge in [0, 0.05) is 0 Å². The van der Waals surface area contributed by atoms with Gasteiger partial charge in [0.2, 0.25) is 0 Å². The molecule has 0 saturated heterocycles. The fraction of sp³-hybridized carbons (Fsp3) is 1.00. The summed E-state index contributed by atoms with van der Waals surface area (Å²) >= 11 is 0. The van der Waals surface area contributed by atoms with Crippen LogP contribution in [0.25, 0.3) is 0 Å². The Morgan fingerprint density at radius 1 is 0.773 bits per heavy atom. The molecule has 6 heteroatoms. The van der Waals surface area contributed by atoms with Crippen LogP contribution in [0, 0.1) is 0 Å². The number of unbranched alkanes of at least 4 members (excludes halogenated alkanes) is 8. The summed E-state index contributed by atoms with van der Waals surface area (Å²) in [6.45, 7) is 9.29. The molecule has 0 rings (SSSR count). The van der Waals surface area contributed by atoms with Crippen LogP contribution in [0.15, 0.2) is 0 Å². The van der Waals surface area contributed by atoms with Crippen molar-refractivity contribution in [1.82, 2.24) is 0 Å². The highest BCUT2D eigenvalue weighted by Crippen LogP contribution is 2.24. The molecule has 0 spiro atoms. The molecule has 22 heavy (non-hydrogen) atoms. The summed E-state index contributed by atoms with van der Waals surface area (Å²) in [4.78, 5) is 20.0. The smallest absolute Gasteiger partial charge is 0.0596 e. The second-order valence-corrected chi connectivity index (χ2v) is 6.32. The topological polar surface area (TPSA) is 98.4 Å². The second kappa shape index (κ2) is 23.3. The van der Waals surface area contributed by atoms with E-state index in [1.807, 2.05) is 6.92 Å². The van der Waals surface area contributed by atoms with E-state index in [1.165, 1.54) is 44.9 Å². The Morgan fingerprint density at radius 2 is 1.09 bits per heavy atom. The normalized spacial score (nSPS) is 10.3. The van der Waals surface area contributed by atoms with Gasteiger partial charge in [0.15, 0.2) is 0 Å². The maximum absolute atomic E-state index is 10.0. The Morgan fingerprint density at radius 3 is 1.45 bits per heavy atom. The zero-order chi connectivity index (χ0) is 17.7. The zero-order valence-corrected chi connectivity index (χ0v) is 16.0. The fourth-order valence-corrected chi connectivity index (χ4v) is 1.91. The summed E-state index contributed by atoms with van der Waals surface area (Å²) in [6, 6.07) is 0. The van der Waals surface area contributed by atoms with Crippen LogP contribution in [-0.2, 0) is 9.09 Å². The molecule has 2 N–H and O–H groups in total. The number of hydrogen-bond donors (Lipinski definition) is 1. The molecule has 0 aromatic carbocycles. The van der Waals surface area contributed by atoms with Crippen molar-refractivity contribution in [2.75, 3.05) is 13.2 Å². The van der Waals surface area contributed by atoms with Gasteiger partial charge in [0.25, 0.3) is 0 Å². The third-order valence-electron chi connectivity index (χ3n) is 2.70. The van der Waals surface area contributed by atoms with Crippen molar-refractivity contribution in [3.05, 3.63) is 0 Å². The van der Waals surface area contributed by atoms with E-state index in [9.17, 15) is 14.4 Å². The molecule has 5 nitrogen and oxygen atoms in total. The van der Waals surface area contributed by atoms with Crippen LogP contribution in [0.2, 0.25) is 0 Å². The Kier molecular flexibility index (Phi) is 28.6. The highest BCUT2D eigenvalue weighted by Gasteiger charge is 1.92. The third kappa shape index (κ3) is 42.7. The van der Waals surface area contributed by atoms with E-state index in [-0.39, 0.29) is 6.61 Å². The lowest BCUT2D eigenvalue weighted by Crippen LogP contribution is -2.16. The minimum absolute atomic E-state index is 0.0381. The van der Waals surface area contributed by atoms with E-state index in [4.69, 9.17) is 5.73 Å². The first-order chi connectivity index (χ1) is 10.4. The molecule has 0 aromatic rings. The van der Waals surface area contributed by atoms with Gasteiger partial charge >= 0.3 is 0 Å². The van der Waals surface area contributed by atoms with Crippen molar-refractivity contribution >= 4 is 7.82 Å². The van der Waals surface area contributed by atoms with Gasteiger partial charge in [0.05, 0.1) is 14.4 Å². The van der Waals surface area contributed by atoms with Gasteiger partial charge in [-0.25, -0.2) is 0 Å². The molecule has 138 valence electrons. The summed E-state index contributed by atoms with van der Waals surface area (Å²) in [5.74, 6) is 0. The Hall–Kier alpha value is 0.0700. The van der Waals surface area contributed by atoms with E-state index in [0.717, 1.165) is 19.4 Å². The highest BCUT2D eigenvalue weighted by molar-refractivity contribution is 7.43. The molecule has 0 fully saturated rings. The van der Waals surface area contributed by atoms with E-state index in [1.54, 1.807) is 0 Å². The number of rotatable bonds is 11. The van der Waals surface area contributed by atoms with Crippen molar-refractivity contribution in [2.45, 2.75) is 91.9 Å². The molecule has 0 amide bonds. The SMILES string of the molecule is CCCCCC.CCCCCCCCOP(=O)([O-])[O-].CCN. The summed E-state index contributed by atoms with van der Waals surface area (Å²) in [5.41, 5.74) is 4.85. The van der Waals surface area contributed by atoms with Gasteiger partial charge in [-0.3, -0.25) is 0 Å². The first kappa shape index (κ1) is 26.9. The lowest BCUT2D eigenvalue weighted by atomic mass is 10.1. The predicted octanol–water partition coefficient (Wildman–Crippen LogP) is 3.74. The molecule has 0 aromatic heterocycles. The van der Waals surface area contributed by atoms with E-state index < -0.39 is 7.82 Å². The van der Waals surface area contributed by atoms with Crippen molar-refractivity contribution < 1.29 is 18.9 Å². The van der Waals surface area contributed by atoms with Crippen molar-refractivity contribution in [3.63, 3.8) is 0 Å². The summed E-state index contributed by atoms with van der Waals surface area (Å²) in [7, 11) is -4.73. The molecule has 0 unspecified atom stereocenters. The third-order valence-corrected chi connectivity index (χ3v) is 3.20. The lowest BCUT2D eigenvalue weighted by molar-refractivity contribution is -0.341. The molecule has 0 aliphatic carbocycles. The van der Waals surface area contributed by atoms with Gasteiger partial charge in [-0.2, -0.15) is 0 Å². The van der Waals surface area contributed by atoms with Gasteiger partial charge in [-0.05, 0) is 13.0 Å². The monoisotopic (exact) mass is 339 g/mol. The molecule has 0 aliphatic heterocycles. The van der Waals surface area contributed by atoms with E-state index in [0.29, 0.717) is 6.42 Å². The Bertz CT molecular complexity index is 218. The fourth-order valence-electron chi connectivity index (χ4n) is 1.56. The number of nitrogens with two attached hydrogens (primary N) is 1. The quantitative estimate of drug-likeness (QED) is 0.456. The van der Waals surface area contributed by atoms with Crippen molar-refractivity contribution in [3.8, 4) is 0 Å². The largest absolute Gasteiger partial charge is 0.790 e. The first-order valence-electron chi connectivity index (χ1n) is 8.76. The van der Waals surface area contributed by atoms with Crippen molar-refractivity contribution in [1.29, 1.82) is 0 Å². The molecular formula is C16H38NO4P-2. The van der Waals surface area contributed by atoms with E-state index >= 15 is 0 Å². The molecular weight excluding hydrogens is 301 g/mol. The van der Waals surface area contributed by atoms with Crippen LogP contribution in [0.5, 0.6) is 0 Å². The van der Waals surface area contributed by atoms with Crippen LogP contribution >= 0.6 is 7.82 Å². The summed E-state index contributed by atoms with van der Waals surface area (Å²) in [6.07, 6.45) is 11.8. The first-order valence-corrected chi connectivity index (χ1v) is 10.2.